The van der Waals surface area contributed by atoms with Crippen LogP contribution in [0.5, 0.6) is 0 Å². The van der Waals surface area contributed by atoms with Crippen molar-refractivity contribution in [2.45, 2.75) is 108 Å². The van der Waals surface area contributed by atoms with Gasteiger partial charge in [-0.2, -0.15) is 5.48 Å². The molecule has 0 aromatic carbocycles. The lowest BCUT2D eigenvalue weighted by Crippen LogP contribution is -2.45. The largest absolute Gasteiger partial charge is 0.480 e. The fourth-order valence-electron chi connectivity index (χ4n) is 4.19. The van der Waals surface area contributed by atoms with Gasteiger partial charge < -0.3 is 52.2 Å². The van der Waals surface area contributed by atoms with Crippen molar-refractivity contribution in [3.05, 3.63) is 0 Å². The maximum atomic E-state index is 12.4. The minimum Gasteiger partial charge on any atom is -0.480 e. The van der Waals surface area contributed by atoms with Gasteiger partial charge in [0.05, 0.1) is 0 Å². The zero-order valence-corrected chi connectivity index (χ0v) is 29.2. The molecule has 0 bridgehead atoms. The second-order valence-electron chi connectivity index (χ2n) is 11.0. The van der Waals surface area contributed by atoms with E-state index >= 15 is 0 Å². The Hall–Kier alpha value is -4.45. The molecule has 0 aliphatic rings. The number of carbonyl (C=O) groups excluding carboxylic acids is 6. The summed E-state index contributed by atoms with van der Waals surface area (Å²) < 4.78 is -0.278. The van der Waals surface area contributed by atoms with Gasteiger partial charge in [-0.1, -0.05) is 0 Å². The van der Waals surface area contributed by atoms with Gasteiger partial charge in [0.15, 0.2) is 0 Å². The number of unbranched alkanes of at least 4 members (excludes halogenated alkanes) is 1. The van der Waals surface area contributed by atoms with E-state index in [0.717, 1.165) is 6.92 Å². The zero-order valence-electron chi connectivity index (χ0n) is 27.1. The maximum absolute atomic E-state index is 12.4. The predicted molar refractivity (Wildman–Crippen MR) is 175 cm³/mol. The lowest BCUT2D eigenvalue weighted by Gasteiger charge is -2.18. The first-order valence-electron chi connectivity index (χ1n) is 15.3. The third kappa shape index (κ3) is 20.8. The molecule has 0 fully saturated rings. The van der Waals surface area contributed by atoms with E-state index in [-0.39, 0.29) is 29.6 Å². The Morgan fingerprint density at radius 2 is 0.840 bits per heavy atom. The topological polar surface area (TPSA) is 344 Å². The van der Waals surface area contributed by atoms with Crippen molar-refractivity contribution in [2.75, 3.05) is 6.54 Å². The Bertz CT molecular complexity index is 1250. The van der Waals surface area contributed by atoms with E-state index < -0.39 is 116 Å². The number of carboxylic acids is 4. The van der Waals surface area contributed by atoms with Gasteiger partial charge in [0.1, 0.15) is 30.2 Å². The number of halogens is 1. The number of hydrogen-bond donors (Lipinski definition) is 11. The highest BCUT2D eigenvalue weighted by Crippen LogP contribution is 2.07. The molecule has 0 saturated heterocycles. The van der Waals surface area contributed by atoms with Crippen LogP contribution in [0, 0.1) is 0 Å². The van der Waals surface area contributed by atoms with Crippen molar-refractivity contribution in [2.24, 2.45) is 0 Å². The molecule has 5 atom stereocenters. The molecule has 22 heteroatoms. The Balaban J connectivity index is 4.79. The van der Waals surface area contributed by atoms with E-state index in [1.165, 1.54) is 0 Å². The summed E-state index contributed by atoms with van der Waals surface area (Å²) in [7, 11) is 0. The van der Waals surface area contributed by atoms with E-state index in [4.69, 9.17) is 10.3 Å². The normalized spacial score (nSPS) is 13.7. The standard InChI is InChI=1S/C28H43IN6O15/c1-14(36)31-16(25(42)43)6-10-21(38)33-18(27(46)47)8-12-23(40)34-19(28(48)49)7-11-22(39)32-17(26(44)45)5-9-20(37)30-13-3-2-4-15(35-50)24(29)41/h15-19,35,50H,2-13H2,1H3,(H,30,37)(H,31,36)(H,32,39)(H,33,38)(H,34,40)(H,42,43)(H,44,45)(H,46,47)(H,48,49)/t15-,16-,17-,18-,19-/m0/s1. The molecular weight excluding hydrogens is 787 g/mol. The van der Waals surface area contributed by atoms with Gasteiger partial charge >= 0.3 is 23.9 Å². The Morgan fingerprint density at radius 1 is 0.500 bits per heavy atom. The fraction of sp³-hybridized carbons (Fsp3) is 0.643. The summed E-state index contributed by atoms with van der Waals surface area (Å²) in [4.78, 5) is 117. The first-order valence-corrected chi connectivity index (χ1v) is 16.4. The van der Waals surface area contributed by atoms with Crippen molar-refractivity contribution >= 4 is 79.8 Å². The highest BCUT2D eigenvalue weighted by atomic mass is 127. The molecule has 0 aliphatic heterocycles. The van der Waals surface area contributed by atoms with Crippen LogP contribution in [-0.4, -0.2) is 120 Å². The third-order valence-corrected chi connectivity index (χ3v) is 7.64. The highest BCUT2D eigenvalue weighted by Gasteiger charge is 2.27. The molecule has 5 amide bonds. The smallest absolute Gasteiger partial charge is 0.326 e. The Labute approximate surface area is 299 Å². The van der Waals surface area contributed by atoms with E-state index in [9.17, 15) is 63.3 Å². The molecule has 50 heavy (non-hydrogen) atoms. The molecule has 0 aliphatic carbocycles. The molecule has 11 N–H and O–H groups in total. The zero-order chi connectivity index (χ0) is 38.4. The lowest BCUT2D eigenvalue weighted by atomic mass is 10.1. The summed E-state index contributed by atoms with van der Waals surface area (Å²) >= 11 is 1.54. The number of carbonyl (C=O) groups is 10. The van der Waals surface area contributed by atoms with Crippen LogP contribution in [0.25, 0.3) is 0 Å². The van der Waals surface area contributed by atoms with Crippen LogP contribution < -0.4 is 32.1 Å². The molecular formula is C28H43IN6O15. The molecule has 0 saturated carbocycles. The van der Waals surface area contributed by atoms with Gasteiger partial charge in [0.2, 0.25) is 33.3 Å². The van der Waals surface area contributed by atoms with Crippen molar-refractivity contribution < 1.29 is 73.6 Å². The Kier molecular flexibility index (Phi) is 22.5. The number of carboxylic acid groups (broad SMARTS) is 4. The second-order valence-corrected chi connectivity index (χ2v) is 12.0. The second kappa shape index (κ2) is 24.6. The number of nitrogens with one attached hydrogen (secondary N) is 6. The van der Waals surface area contributed by atoms with E-state index in [2.05, 4.69) is 26.6 Å². The first kappa shape index (κ1) is 45.6. The van der Waals surface area contributed by atoms with Crippen LogP contribution in [0.1, 0.15) is 77.6 Å². The lowest BCUT2D eigenvalue weighted by molar-refractivity contribution is -0.144. The maximum Gasteiger partial charge on any atom is 0.326 e. The van der Waals surface area contributed by atoms with Gasteiger partial charge in [0, 0.05) is 61.7 Å². The molecule has 0 rings (SSSR count). The molecule has 0 aromatic rings. The molecule has 21 nitrogen and oxygen atoms in total. The van der Waals surface area contributed by atoms with Crippen molar-refractivity contribution in [1.29, 1.82) is 0 Å². The van der Waals surface area contributed by atoms with Gasteiger partial charge in [0.25, 0.3) is 0 Å². The molecule has 282 valence electrons. The highest BCUT2D eigenvalue weighted by molar-refractivity contribution is 14.1. The van der Waals surface area contributed by atoms with E-state index in [0.29, 0.717) is 19.3 Å². The summed E-state index contributed by atoms with van der Waals surface area (Å²) in [5.74, 6) is -9.79. The fourth-order valence-corrected chi connectivity index (χ4v) is 4.65. The summed E-state index contributed by atoms with van der Waals surface area (Å²) in [6.45, 7) is 1.30. The number of rotatable bonds is 27. The predicted octanol–water partition coefficient (Wildman–Crippen LogP) is -2.00. The van der Waals surface area contributed by atoms with Gasteiger partial charge in [-0.3, -0.25) is 28.8 Å². The number of amides is 5. The van der Waals surface area contributed by atoms with E-state index in [1.807, 2.05) is 5.48 Å². The summed E-state index contributed by atoms with van der Waals surface area (Å²) in [6.07, 6.45) is -2.14. The molecule has 0 heterocycles. The number of aliphatic carboxylic acids is 4. The Morgan fingerprint density at radius 3 is 1.14 bits per heavy atom. The monoisotopic (exact) mass is 830 g/mol. The molecule has 0 aromatic heterocycles. The van der Waals surface area contributed by atoms with Gasteiger partial charge in [-0.05, 0) is 44.9 Å². The van der Waals surface area contributed by atoms with E-state index in [1.54, 1.807) is 22.6 Å². The molecule has 0 spiro atoms. The van der Waals surface area contributed by atoms with Crippen LogP contribution in [0.3, 0.4) is 0 Å². The third-order valence-electron chi connectivity index (χ3n) is 6.89. The van der Waals surface area contributed by atoms with Crippen LogP contribution in [0.15, 0.2) is 0 Å². The van der Waals surface area contributed by atoms with Crippen LogP contribution in [0.4, 0.5) is 0 Å². The van der Waals surface area contributed by atoms with Crippen molar-refractivity contribution in [1.82, 2.24) is 32.1 Å². The average Bonchev–Trinajstić information content (AvgIpc) is 3.02. The van der Waals surface area contributed by atoms with Crippen LogP contribution in [-0.2, 0) is 47.9 Å². The quantitative estimate of drug-likeness (QED) is 0.0185. The first-order chi connectivity index (χ1) is 23.4. The van der Waals surface area contributed by atoms with Crippen molar-refractivity contribution in [3.63, 3.8) is 0 Å². The molecule has 0 unspecified atom stereocenters. The number of hydrogen-bond acceptors (Lipinski definition) is 12. The average molecular weight is 831 g/mol. The SMILES string of the molecule is CC(=O)N[C@@H](CCC(=O)N[C@@H](CCC(=O)N[C@@H](CCC(=O)N[C@@H](CCC(=O)NCCCC[C@H](NO)C(=O)I)C(=O)O)C(=O)O)C(=O)O)C(=O)O. The minimum atomic E-state index is -1.62. The van der Waals surface area contributed by atoms with Crippen LogP contribution in [0.2, 0.25) is 0 Å². The minimum absolute atomic E-state index is 0.223. The summed E-state index contributed by atoms with van der Waals surface area (Å²) in [5, 5.41) is 57.4. The summed E-state index contributed by atoms with van der Waals surface area (Å²) in [6, 6.07) is -6.84. The van der Waals surface area contributed by atoms with Crippen molar-refractivity contribution in [3.8, 4) is 0 Å². The van der Waals surface area contributed by atoms with Crippen LogP contribution >= 0.6 is 22.6 Å². The number of hydroxylamine groups is 1. The van der Waals surface area contributed by atoms with Gasteiger partial charge in [-0.25, -0.2) is 19.2 Å². The summed E-state index contributed by atoms with van der Waals surface area (Å²) in [5.41, 5.74) is 1.89. The van der Waals surface area contributed by atoms with Gasteiger partial charge in [-0.15, -0.1) is 0 Å². The molecule has 0 radical (unpaired) electrons.